The highest BCUT2D eigenvalue weighted by atomic mass is 14.8. The number of hydrogen-bond acceptors (Lipinski definition) is 1. The smallest absolute Gasteiger partial charge is 0.000780 e. The fourth-order valence-corrected chi connectivity index (χ4v) is 2.23. The summed E-state index contributed by atoms with van der Waals surface area (Å²) in [5, 5.41) is 3.33. The molecule has 1 aromatic rings. The third kappa shape index (κ3) is 3.85. The Kier molecular flexibility index (Phi) is 5.20. The highest BCUT2D eigenvalue weighted by molar-refractivity contribution is 5.23. The first-order valence-corrected chi connectivity index (χ1v) is 6.74. The Morgan fingerprint density at radius 3 is 2.06 bits per heavy atom. The Bertz CT molecular complexity index is 326. The van der Waals surface area contributed by atoms with E-state index >= 15 is 0 Å². The van der Waals surface area contributed by atoms with E-state index in [9.17, 15) is 0 Å². The van der Waals surface area contributed by atoms with Crippen LogP contribution in [0.3, 0.4) is 0 Å². The zero-order chi connectivity index (χ0) is 12.9. The maximum Gasteiger partial charge on any atom is 0.000780 e. The van der Waals surface area contributed by atoms with E-state index in [1.165, 1.54) is 11.1 Å². The molecular weight excluding hydrogens is 206 g/mol. The van der Waals surface area contributed by atoms with Crippen LogP contribution in [-0.2, 0) is 12.8 Å². The highest BCUT2D eigenvalue weighted by Gasteiger charge is 2.27. The van der Waals surface area contributed by atoms with Crippen LogP contribution in [0.4, 0.5) is 0 Å². The van der Waals surface area contributed by atoms with Gasteiger partial charge in [0.2, 0.25) is 0 Å². The summed E-state index contributed by atoms with van der Waals surface area (Å²) in [7, 11) is 2.04. The highest BCUT2D eigenvalue weighted by Crippen LogP contribution is 2.30. The Morgan fingerprint density at radius 1 is 1.12 bits per heavy atom. The van der Waals surface area contributed by atoms with Crippen molar-refractivity contribution in [2.75, 3.05) is 13.6 Å². The van der Waals surface area contributed by atoms with Crippen LogP contribution in [0.2, 0.25) is 0 Å². The first kappa shape index (κ1) is 14.2. The van der Waals surface area contributed by atoms with Crippen molar-refractivity contribution in [1.29, 1.82) is 0 Å². The molecule has 0 fully saturated rings. The molecule has 1 N–H and O–H groups in total. The Morgan fingerprint density at radius 2 is 1.65 bits per heavy atom. The summed E-state index contributed by atoms with van der Waals surface area (Å²) in [6.45, 7) is 10.3. The summed E-state index contributed by atoms with van der Waals surface area (Å²) in [6.07, 6.45) is 2.27. The number of benzene rings is 1. The van der Waals surface area contributed by atoms with Gasteiger partial charge in [0.05, 0.1) is 0 Å². The van der Waals surface area contributed by atoms with E-state index in [1.807, 2.05) is 7.05 Å². The molecule has 0 aliphatic heterocycles. The Balaban J connectivity index is 2.78. The molecule has 0 saturated carbocycles. The van der Waals surface area contributed by atoms with Crippen LogP contribution < -0.4 is 5.32 Å². The molecule has 0 saturated heterocycles. The average Bonchev–Trinajstić information content (AvgIpc) is 2.30. The average molecular weight is 233 g/mol. The van der Waals surface area contributed by atoms with Crippen molar-refractivity contribution < 1.29 is 0 Å². The summed E-state index contributed by atoms with van der Waals surface area (Å²) < 4.78 is 0. The van der Waals surface area contributed by atoms with Crippen LogP contribution in [-0.4, -0.2) is 13.6 Å². The molecule has 1 aromatic carbocycles. The van der Waals surface area contributed by atoms with Crippen molar-refractivity contribution in [2.45, 2.75) is 40.5 Å². The van der Waals surface area contributed by atoms with Crippen molar-refractivity contribution in [1.82, 2.24) is 5.32 Å². The summed E-state index contributed by atoms with van der Waals surface area (Å²) in [5.74, 6) is 0.681. The summed E-state index contributed by atoms with van der Waals surface area (Å²) in [4.78, 5) is 0. The van der Waals surface area contributed by atoms with Gasteiger partial charge in [-0.3, -0.25) is 0 Å². The van der Waals surface area contributed by atoms with Gasteiger partial charge in [-0.15, -0.1) is 0 Å². The third-order valence-corrected chi connectivity index (χ3v) is 4.01. The molecule has 0 spiro atoms. The second-order valence-corrected chi connectivity index (χ2v) is 5.69. The zero-order valence-corrected chi connectivity index (χ0v) is 12.0. The molecule has 1 unspecified atom stereocenters. The molecule has 1 rings (SSSR count). The molecule has 0 bridgehead atoms. The molecule has 1 nitrogen and oxygen atoms in total. The fraction of sp³-hybridized carbons (Fsp3) is 0.625. The number of rotatable bonds is 6. The molecule has 0 aromatic heterocycles. The number of aryl methyl sites for hydroxylation is 1. The van der Waals surface area contributed by atoms with E-state index in [-0.39, 0.29) is 0 Å². The minimum Gasteiger partial charge on any atom is -0.319 e. The van der Waals surface area contributed by atoms with E-state index in [0.29, 0.717) is 11.3 Å². The van der Waals surface area contributed by atoms with E-state index in [2.05, 4.69) is 57.3 Å². The molecule has 0 aliphatic carbocycles. The van der Waals surface area contributed by atoms with Crippen LogP contribution in [0.15, 0.2) is 24.3 Å². The van der Waals surface area contributed by atoms with Crippen LogP contribution in [0, 0.1) is 11.3 Å². The van der Waals surface area contributed by atoms with E-state index in [4.69, 9.17) is 0 Å². The first-order chi connectivity index (χ1) is 8.01. The minimum atomic E-state index is 0.336. The first-order valence-electron chi connectivity index (χ1n) is 6.74. The predicted octanol–water partition coefficient (Wildman–Crippen LogP) is 3.67. The standard InChI is InChI=1S/C16H27N/c1-6-14-7-9-15(10-8-14)11-16(4,12-17-5)13(2)3/h7-10,13,17H,6,11-12H2,1-5H3. The number of hydrogen-bond donors (Lipinski definition) is 1. The lowest BCUT2D eigenvalue weighted by atomic mass is 9.74. The van der Waals surface area contributed by atoms with Crippen LogP contribution in [0.1, 0.15) is 38.8 Å². The van der Waals surface area contributed by atoms with Gasteiger partial charge >= 0.3 is 0 Å². The Hall–Kier alpha value is -0.820. The summed E-state index contributed by atoms with van der Waals surface area (Å²) >= 11 is 0. The summed E-state index contributed by atoms with van der Waals surface area (Å²) in [6, 6.07) is 9.09. The van der Waals surface area contributed by atoms with Gasteiger partial charge in [-0.2, -0.15) is 0 Å². The van der Waals surface area contributed by atoms with Crippen molar-refractivity contribution in [3.63, 3.8) is 0 Å². The van der Waals surface area contributed by atoms with Gasteiger partial charge in [-0.1, -0.05) is 52.0 Å². The molecule has 96 valence electrons. The zero-order valence-electron chi connectivity index (χ0n) is 12.0. The van der Waals surface area contributed by atoms with Gasteiger partial charge in [0.25, 0.3) is 0 Å². The quantitative estimate of drug-likeness (QED) is 0.790. The second-order valence-electron chi connectivity index (χ2n) is 5.69. The molecule has 1 atom stereocenters. The van der Waals surface area contributed by atoms with Crippen molar-refractivity contribution in [3.8, 4) is 0 Å². The van der Waals surface area contributed by atoms with Crippen LogP contribution in [0.25, 0.3) is 0 Å². The van der Waals surface area contributed by atoms with Gasteiger partial charge in [-0.25, -0.2) is 0 Å². The second kappa shape index (κ2) is 6.20. The van der Waals surface area contributed by atoms with E-state index < -0.39 is 0 Å². The summed E-state index contributed by atoms with van der Waals surface area (Å²) in [5.41, 5.74) is 3.21. The monoisotopic (exact) mass is 233 g/mol. The Labute approximate surface area is 107 Å². The largest absolute Gasteiger partial charge is 0.319 e. The van der Waals surface area contributed by atoms with E-state index in [1.54, 1.807) is 0 Å². The molecule has 17 heavy (non-hydrogen) atoms. The number of nitrogens with one attached hydrogen (secondary N) is 1. The van der Waals surface area contributed by atoms with Crippen molar-refractivity contribution in [2.24, 2.45) is 11.3 Å². The molecule has 0 amide bonds. The lowest BCUT2D eigenvalue weighted by molar-refractivity contribution is 0.212. The van der Waals surface area contributed by atoms with Gasteiger partial charge in [0.1, 0.15) is 0 Å². The molecular formula is C16H27N. The predicted molar refractivity (Wildman–Crippen MR) is 76.4 cm³/mol. The maximum atomic E-state index is 3.33. The molecule has 0 heterocycles. The SMILES string of the molecule is CCc1ccc(CC(C)(CNC)C(C)C)cc1. The fourth-order valence-electron chi connectivity index (χ4n) is 2.23. The molecule has 0 radical (unpaired) electrons. The topological polar surface area (TPSA) is 12.0 Å². The van der Waals surface area contributed by atoms with Gasteiger partial charge in [0.15, 0.2) is 0 Å². The normalized spacial score (nSPS) is 14.9. The maximum absolute atomic E-state index is 3.33. The van der Waals surface area contributed by atoms with Gasteiger partial charge in [-0.05, 0) is 42.3 Å². The van der Waals surface area contributed by atoms with Crippen molar-refractivity contribution >= 4 is 0 Å². The molecule has 0 aliphatic rings. The van der Waals surface area contributed by atoms with E-state index in [0.717, 1.165) is 19.4 Å². The van der Waals surface area contributed by atoms with Crippen molar-refractivity contribution in [3.05, 3.63) is 35.4 Å². The van der Waals surface area contributed by atoms with Gasteiger partial charge < -0.3 is 5.32 Å². The van der Waals surface area contributed by atoms with Gasteiger partial charge in [0, 0.05) is 6.54 Å². The lowest BCUT2D eigenvalue weighted by Gasteiger charge is -2.34. The van der Waals surface area contributed by atoms with Crippen LogP contribution >= 0.6 is 0 Å². The molecule has 1 heteroatoms. The minimum absolute atomic E-state index is 0.336. The van der Waals surface area contributed by atoms with Crippen LogP contribution in [0.5, 0.6) is 0 Å². The lowest BCUT2D eigenvalue weighted by Crippen LogP contribution is -2.36. The third-order valence-electron chi connectivity index (χ3n) is 4.01.